The Morgan fingerprint density at radius 2 is 1.35 bits per heavy atom. The summed E-state index contributed by atoms with van der Waals surface area (Å²) in [5.74, 6) is -4.80. The number of hydrogen-bond donors (Lipinski definition) is 4. The summed E-state index contributed by atoms with van der Waals surface area (Å²) in [5.41, 5.74) is 4.00. The second-order valence-corrected chi connectivity index (χ2v) is 3.65. The molecule has 0 rings (SSSR count). The van der Waals surface area contributed by atoms with Crippen molar-refractivity contribution in [2.45, 2.75) is 32.2 Å². The van der Waals surface area contributed by atoms with Crippen LogP contribution in [0.15, 0.2) is 0 Å². The third-order valence-electron chi connectivity index (χ3n) is 1.36. The van der Waals surface area contributed by atoms with E-state index in [9.17, 15) is 19.2 Å². The van der Waals surface area contributed by atoms with Crippen molar-refractivity contribution in [2.75, 3.05) is 0 Å². The molecule has 0 saturated heterocycles. The van der Waals surface area contributed by atoms with Gasteiger partial charge in [0.2, 0.25) is 5.78 Å². The maximum Gasteiger partial charge on any atom is 0.372 e. The zero-order valence-corrected chi connectivity index (χ0v) is 9.47. The number of carbonyl (C=O) groups excluding carboxylic acids is 1. The zero-order valence-electron chi connectivity index (χ0n) is 9.47. The molecular weight excluding hydrogens is 234 g/mol. The third kappa shape index (κ3) is 12.0. The molecule has 0 unspecified atom stereocenters. The second-order valence-electron chi connectivity index (χ2n) is 3.65. The van der Waals surface area contributed by atoms with Crippen LogP contribution in [-0.2, 0) is 19.2 Å². The topological polar surface area (TPSA) is 155 Å². The van der Waals surface area contributed by atoms with Gasteiger partial charge in [-0.2, -0.15) is 0 Å². The van der Waals surface area contributed by atoms with E-state index in [0.717, 1.165) is 0 Å². The van der Waals surface area contributed by atoms with E-state index >= 15 is 0 Å². The molecule has 0 atom stereocenters. The Morgan fingerprint density at radius 1 is 1.00 bits per heavy atom. The fourth-order valence-electron chi connectivity index (χ4n) is 0.327. The van der Waals surface area contributed by atoms with Crippen LogP contribution in [0.5, 0.6) is 0 Å². The van der Waals surface area contributed by atoms with E-state index in [1.165, 1.54) is 13.8 Å². The molecule has 8 heteroatoms. The minimum atomic E-state index is -1.58. The first-order chi connectivity index (χ1) is 7.48. The van der Waals surface area contributed by atoms with Crippen molar-refractivity contribution in [3.05, 3.63) is 0 Å². The molecule has 0 aromatic heterocycles. The average molecular weight is 249 g/mol. The maximum atomic E-state index is 10.2. The smallest absolute Gasteiger partial charge is 0.372 e. The lowest BCUT2D eigenvalue weighted by molar-refractivity contribution is -0.149. The summed E-state index contributed by atoms with van der Waals surface area (Å²) in [6, 6.07) is 0. The van der Waals surface area contributed by atoms with Gasteiger partial charge in [-0.15, -0.1) is 0 Å². The van der Waals surface area contributed by atoms with Crippen molar-refractivity contribution >= 4 is 23.7 Å². The van der Waals surface area contributed by atoms with Crippen molar-refractivity contribution < 1.29 is 34.5 Å². The summed E-state index contributed by atoms with van der Waals surface area (Å²) < 4.78 is 0. The van der Waals surface area contributed by atoms with Crippen molar-refractivity contribution in [2.24, 2.45) is 5.73 Å². The Labute approximate surface area is 97.0 Å². The Balaban J connectivity index is 0. The molecule has 0 radical (unpaired) electrons. The summed E-state index contributed by atoms with van der Waals surface area (Å²) in [6.45, 7) is 2.88. The molecule has 0 saturated carbocycles. The predicted molar refractivity (Wildman–Crippen MR) is 55.4 cm³/mol. The van der Waals surface area contributed by atoms with E-state index in [-0.39, 0.29) is 0 Å². The molecule has 5 N–H and O–H groups in total. The minimum Gasteiger partial charge on any atom is -0.481 e. The lowest BCUT2D eigenvalue weighted by atomic mass is 10.1. The van der Waals surface area contributed by atoms with Crippen LogP contribution < -0.4 is 5.73 Å². The first-order valence-corrected chi connectivity index (χ1v) is 4.48. The molecular formula is C9H15NO7. The second kappa shape index (κ2) is 7.34. The summed E-state index contributed by atoms with van der Waals surface area (Å²) in [5, 5.41) is 24.1. The fourth-order valence-corrected chi connectivity index (χ4v) is 0.327. The number of ketones is 1. The van der Waals surface area contributed by atoms with Crippen molar-refractivity contribution in [3.63, 3.8) is 0 Å². The molecule has 0 heterocycles. The molecule has 0 aromatic carbocycles. The number of Topliss-reactive ketones (excluding diaryl/α,β-unsaturated/α-hetero) is 1. The van der Waals surface area contributed by atoms with Crippen molar-refractivity contribution in [1.29, 1.82) is 0 Å². The van der Waals surface area contributed by atoms with Crippen LogP contribution in [0.3, 0.4) is 0 Å². The number of aliphatic carboxylic acids is 3. The van der Waals surface area contributed by atoms with Gasteiger partial charge < -0.3 is 21.1 Å². The molecule has 0 aromatic rings. The van der Waals surface area contributed by atoms with Crippen LogP contribution in [0.1, 0.15) is 26.7 Å². The van der Waals surface area contributed by atoms with E-state index < -0.39 is 42.1 Å². The first-order valence-electron chi connectivity index (χ1n) is 4.48. The number of carboxylic acids is 3. The van der Waals surface area contributed by atoms with Crippen LogP contribution in [0.2, 0.25) is 0 Å². The van der Waals surface area contributed by atoms with Crippen molar-refractivity contribution in [1.82, 2.24) is 0 Å². The molecule has 0 spiro atoms. The zero-order chi connectivity index (χ0) is 14.2. The Kier molecular flexibility index (Phi) is 7.52. The molecule has 8 nitrogen and oxygen atoms in total. The number of hydrogen-bond acceptors (Lipinski definition) is 5. The van der Waals surface area contributed by atoms with Crippen LogP contribution in [0, 0.1) is 0 Å². The van der Waals surface area contributed by atoms with Crippen molar-refractivity contribution in [3.8, 4) is 0 Å². The van der Waals surface area contributed by atoms with Gasteiger partial charge in [-0.3, -0.25) is 14.4 Å². The predicted octanol–water partition coefficient (Wildman–Crippen LogP) is -0.687. The van der Waals surface area contributed by atoms with Gasteiger partial charge in [0.1, 0.15) is 5.54 Å². The monoisotopic (exact) mass is 249 g/mol. The standard InChI is InChI=1S/C5H6O5.C4H9NO2/c6-3(5(9)10)1-2-4(7)8;1-4(2,5)3(6)7/h1-2H2,(H,7,8)(H,9,10);5H2,1-2H3,(H,6,7). The molecule has 0 aliphatic carbocycles. The van der Waals surface area contributed by atoms with Gasteiger partial charge >= 0.3 is 17.9 Å². The molecule has 17 heavy (non-hydrogen) atoms. The molecule has 0 bridgehead atoms. The largest absolute Gasteiger partial charge is 0.481 e. The highest BCUT2D eigenvalue weighted by molar-refractivity contribution is 6.32. The van der Waals surface area contributed by atoms with E-state index in [4.69, 9.17) is 21.1 Å². The number of rotatable bonds is 5. The number of nitrogens with two attached hydrogens (primary N) is 1. The SMILES string of the molecule is CC(C)(N)C(=O)O.O=C(O)CCC(=O)C(=O)O. The van der Waals surface area contributed by atoms with Gasteiger partial charge in [0.05, 0.1) is 6.42 Å². The summed E-state index contributed by atoms with van der Waals surface area (Å²) in [4.78, 5) is 39.6. The highest BCUT2D eigenvalue weighted by Gasteiger charge is 2.19. The molecule has 0 aliphatic rings. The molecule has 0 amide bonds. The highest BCUT2D eigenvalue weighted by Crippen LogP contribution is 1.93. The average Bonchev–Trinajstić information content (AvgIpc) is 2.13. The van der Waals surface area contributed by atoms with Gasteiger partial charge in [0, 0.05) is 6.42 Å². The summed E-state index contributed by atoms with van der Waals surface area (Å²) >= 11 is 0. The van der Waals surface area contributed by atoms with Gasteiger partial charge in [0.15, 0.2) is 0 Å². The fraction of sp³-hybridized carbons (Fsp3) is 0.556. The van der Waals surface area contributed by atoms with Crippen LogP contribution >= 0.6 is 0 Å². The normalized spacial score (nSPS) is 9.82. The first kappa shape index (κ1) is 17.4. The number of carboxylic acid groups (broad SMARTS) is 3. The van der Waals surface area contributed by atoms with Crippen LogP contribution in [-0.4, -0.2) is 44.5 Å². The summed E-state index contributed by atoms with van der Waals surface area (Å²) in [6.07, 6.45) is -0.865. The Bertz CT molecular complexity index is 316. The van der Waals surface area contributed by atoms with Gasteiger partial charge in [-0.25, -0.2) is 4.79 Å². The van der Waals surface area contributed by atoms with E-state index in [1.54, 1.807) is 0 Å². The van der Waals surface area contributed by atoms with Gasteiger partial charge in [0.25, 0.3) is 0 Å². The lowest BCUT2D eigenvalue weighted by Gasteiger charge is -2.09. The minimum absolute atomic E-state index is 0.425. The third-order valence-corrected chi connectivity index (χ3v) is 1.36. The number of carbonyl (C=O) groups is 4. The molecule has 0 aliphatic heterocycles. The molecule has 0 fully saturated rings. The highest BCUT2D eigenvalue weighted by atomic mass is 16.4. The van der Waals surface area contributed by atoms with Crippen LogP contribution in [0.4, 0.5) is 0 Å². The maximum absolute atomic E-state index is 10.2. The van der Waals surface area contributed by atoms with E-state index in [1.807, 2.05) is 0 Å². The Hall–Kier alpha value is -1.96. The van der Waals surface area contributed by atoms with E-state index in [0.29, 0.717) is 0 Å². The van der Waals surface area contributed by atoms with Gasteiger partial charge in [-0.1, -0.05) is 0 Å². The van der Waals surface area contributed by atoms with Gasteiger partial charge in [-0.05, 0) is 13.8 Å². The summed E-state index contributed by atoms with van der Waals surface area (Å²) in [7, 11) is 0. The Morgan fingerprint density at radius 3 is 1.53 bits per heavy atom. The van der Waals surface area contributed by atoms with Crippen LogP contribution in [0.25, 0.3) is 0 Å². The quantitative estimate of drug-likeness (QED) is 0.466. The molecule has 98 valence electrons. The lowest BCUT2D eigenvalue weighted by Crippen LogP contribution is -2.41. The van der Waals surface area contributed by atoms with E-state index in [2.05, 4.69) is 0 Å².